The third-order valence-electron chi connectivity index (χ3n) is 2.77. The van der Waals surface area contributed by atoms with Crippen LogP contribution in [-0.2, 0) is 0 Å². The smallest absolute Gasteiger partial charge is 0.295 e. The van der Waals surface area contributed by atoms with E-state index in [0.29, 0.717) is 16.5 Å². The molecule has 1 heterocycles. The van der Waals surface area contributed by atoms with E-state index in [1.54, 1.807) is 18.2 Å². The molecule has 1 amide bonds. The topological polar surface area (TPSA) is 70.7 Å². The van der Waals surface area contributed by atoms with E-state index >= 15 is 0 Å². The number of nitrogens with zero attached hydrogens (tertiary/aromatic N) is 2. The Morgan fingerprint density at radius 2 is 2.16 bits per heavy atom. The maximum Gasteiger partial charge on any atom is 0.295 e. The molecule has 6 heteroatoms. The Bertz CT molecular complexity index is 606. The summed E-state index contributed by atoms with van der Waals surface area (Å²) in [5.41, 5.74) is 1.48. The van der Waals surface area contributed by atoms with E-state index in [9.17, 15) is 4.79 Å². The van der Waals surface area contributed by atoms with Gasteiger partial charge < -0.3 is 5.32 Å². The summed E-state index contributed by atoms with van der Waals surface area (Å²) in [5.74, 6) is 0.659. The fourth-order valence-corrected chi connectivity index (χ4v) is 1.73. The third kappa shape index (κ3) is 2.93. The molecule has 2 aromatic rings. The highest BCUT2D eigenvalue weighted by molar-refractivity contribution is 6.31. The predicted molar refractivity (Wildman–Crippen MR) is 74.6 cm³/mol. The lowest BCUT2D eigenvalue weighted by Crippen LogP contribution is -2.14. The molecular weight excluding hydrogens is 264 g/mol. The van der Waals surface area contributed by atoms with Gasteiger partial charge in [0.25, 0.3) is 5.91 Å². The molecule has 0 fully saturated rings. The van der Waals surface area contributed by atoms with Crippen molar-refractivity contribution in [3.8, 4) is 0 Å². The molecule has 0 unspecified atom stereocenters. The average molecular weight is 279 g/mol. The van der Waals surface area contributed by atoms with Crippen LogP contribution in [0, 0.1) is 6.92 Å². The molecule has 19 heavy (non-hydrogen) atoms. The van der Waals surface area contributed by atoms with Gasteiger partial charge in [0.05, 0.1) is 0 Å². The van der Waals surface area contributed by atoms with Crippen LogP contribution in [-0.4, -0.2) is 21.1 Å². The molecule has 0 spiro atoms. The molecule has 1 aromatic heterocycles. The van der Waals surface area contributed by atoms with Crippen LogP contribution in [0.25, 0.3) is 0 Å². The van der Waals surface area contributed by atoms with Crippen LogP contribution in [0.3, 0.4) is 0 Å². The number of anilines is 1. The molecule has 0 radical (unpaired) electrons. The van der Waals surface area contributed by atoms with Gasteiger partial charge in [0.15, 0.2) is 0 Å². The first-order valence-electron chi connectivity index (χ1n) is 5.97. The second-order valence-corrected chi connectivity index (χ2v) is 4.97. The SMILES string of the molecule is Cc1c(Cl)cccc1NC(=O)c1n[nH]c(C(C)C)n1. The molecule has 0 aliphatic carbocycles. The molecule has 2 N–H and O–H groups in total. The van der Waals surface area contributed by atoms with Gasteiger partial charge in [-0.15, -0.1) is 5.10 Å². The van der Waals surface area contributed by atoms with E-state index in [1.165, 1.54) is 0 Å². The summed E-state index contributed by atoms with van der Waals surface area (Å²) < 4.78 is 0. The quantitative estimate of drug-likeness (QED) is 0.906. The molecule has 0 saturated heterocycles. The third-order valence-corrected chi connectivity index (χ3v) is 3.18. The van der Waals surface area contributed by atoms with Gasteiger partial charge in [0, 0.05) is 16.6 Å². The molecule has 2 rings (SSSR count). The molecule has 0 aliphatic heterocycles. The second kappa shape index (κ2) is 5.40. The van der Waals surface area contributed by atoms with Gasteiger partial charge >= 0.3 is 0 Å². The van der Waals surface area contributed by atoms with Crippen molar-refractivity contribution >= 4 is 23.2 Å². The molecule has 0 saturated carbocycles. The minimum atomic E-state index is -0.353. The first kappa shape index (κ1) is 13.5. The molecule has 5 nitrogen and oxygen atoms in total. The fraction of sp³-hybridized carbons (Fsp3) is 0.308. The van der Waals surface area contributed by atoms with Crippen molar-refractivity contribution in [1.82, 2.24) is 15.2 Å². The number of benzene rings is 1. The number of rotatable bonds is 3. The van der Waals surface area contributed by atoms with E-state index in [2.05, 4.69) is 20.5 Å². The number of hydrogen-bond acceptors (Lipinski definition) is 3. The number of aromatic nitrogens is 3. The number of hydrogen-bond donors (Lipinski definition) is 2. The Morgan fingerprint density at radius 1 is 1.42 bits per heavy atom. The van der Waals surface area contributed by atoms with Crippen LogP contribution >= 0.6 is 11.6 Å². The molecule has 0 atom stereocenters. The van der Waals surface area contributed by atoms with E-state index in [4.69, 9.17) is 11.6 Å². The number of amides is 1. The second-order valence-electron chi connectivity index (χ2n) is 4.57. The van der Waals surface area contributed by atoms with Gasteiger partial charge in [-0.25, -0.2) is 4.98 Å². The monoisotopic (exact) mass is 278 g/mol. The average Bonchev–Trinajstić information content (AvgIpc) is 2.84. The summed E-state index contributed by atoms with van der Waals surface area (Å²) in [6, 6.07) is 5.34. The Morgan fingerprint density at radius 3 is 2.79 bits per heavy atom. The summed E-state index contributed by atoms with van der Waals surface area (Å²) >= 11 is 6.00. The van der Waals surface area contributed by atoms with Crippen LogP contribution in [0.2, 0.25) is 5.02 Å². The normalized spacial score (nSPS) is 10.8. The van der Waals surface area contributed by atoms with Crippen LogP contribution in [0.4, 0.5) is 5.69 Å². The summed E-state index contributed by atoms with van der Waals surface area (Å²) in [7, 11) is 0. The van der Waals surface area contributed by atoms with Crippen molar-refractivity contribution in [2.75, 3.05) is 5.32 Å². The summed E-state index contributed by atoms with van der Waals surface area (Å²) in [6.45, 7) is 5.79. The van der Waals surface area contributed by atoms with E-state index in [-0.39, 0.29) is 17.6 Å². The van der Waals surface area contributed by atoms with E-state index in [0.717, 1.165) is 5.56 Å². The zero-order chi connectivity index (χ0) is 14.0. The maximum atomic E-state index is 12.0. The molecular formula is C13H15ClN4O. The zero-order valence-corrected chi connectivity index (χ0v) is 11.7. The fourth-order valence-electron chi connectivity index (χ4n) is 1.56. The summed E-state index contributed by atoms with van der Waals surface area (Å²) in [4.78, 5) is 16.2. The van der Waals surface area contributed by atoms with Gasteiger partial charge in [-0.2, -0.15) is 0 Å². The van der Waals surface area contributed by atoms with Gasteiger partial charge in [-0.3, -0.25) is 9.89 Å². The number of carbonyl (C=O) groups excluding carboxylic acids is 1. The highest BCUT2D eigenvalue weighted by Crippen LogP contribution is 2.23. The van der Waals surface area contributed by atoms with Crippen LogP contribution in [0.15, 0.2) is 18.2 Å². The first-order chi connectivity index (χ1) is 8.99. The molecule has 0 bridgehead atoms. The summed E-state index contributed by atoms with van der Waals surface area (Å²) in [5, 5.41) is 10.0. The van der Waals surface area contributed by atoms with E-state index < -0.39 is 0 Å². The van der Waals surface area contributed by atoms with Crippen LogP contribution in [0.5, 0.6) is 0 Å². The Balaban J connectivity index is 2.18. The van der Waals surface area contributed by atoms with Gasteiger partial charge in [0.2, 0.25) is 5.82 Å². The Labute approximate surface area is 116 Å². The minimum Gasteiger partial charge on any atom is -0.319 e. The van der Waals surface area contributed by atoms with Gasteiger partial charge in [-0.05, 0) is 24.6 Å². The zero-order valence-electron chi connectivity index (χ0n) is 11.0. The van der Waals surface area contributed by atoms with Crippen molar-refractivity contribution in [2.24, 2.45) is 0 Å². The number of carbonyl (C=O) groups is 1. The highest BCUT2D eigenvalue weighted by Gasteiger charge is 2.15. The van der Waals surface area contributed by atoms with Crippen LogP contribution in [0.1, 0.15) is 41.8 Å². The number of nitrogens with one attached hydrogen (secondary N) is 2. The Hall–Kier alpha value is -1.88. The number of halogens is 1. The van der Waals surface area contributed by atoms with Crippen molar-refractivity contribution in [3.63, 3.8) is 0 Å². The predicted octanol–water partition coefficient (Wildman–Crippen LogP) is 3.14. The standard InChI is InChI=1S/C13H15ClN4O/c1-7(2)11-16-12(18-17-11)13(19)15-10-6-4-5-9(14)8(10)3/h4-7H,1-3H3,(H,15,19)(H,16,17,18). The summed E-state index contributed by atoms with van der Waals surface area (Å²) in [6.07, 6.45) is 0. The van der Waals surface area contributed by atoms with Gasteiger partial charge in [-0.1, -0.05) is 31.5 Å². The lowest BCUT2D eigenvalue weighted by molar-refractivity contribution is 0.101. The molecule has 1 aromatic carbocycles. The van der Waals surface area contributed by atoms with Crippen molar-refractivity contribution in [3.05, 3.63) is 40.4 Å². The van der Waals surface area contributed by atoms with Crippen molar-refractivity contribution in [1.29, 1.82) is 0 Å². The van der Waals surface area contributed by atoms with Crippen LogP contribution < -0.4 is 5.32 Å². The van der Waals surface area contributed by atoms with Gasteiger partial charge in [0.1, 0.15) is 5.82 Å². The first-order valence-corrected chi connectivity index (χ1v) is 6.35. The van der Waals surface area contributed by atoms with Crippen molar-refractivity contribution < 1.29 is 4.79 Å². The highest BCUT2D eigenvalue weighted by atomic mass is 35.5. The number of aromatic amines is 1. The van der Waals surface area contributed by atoms with E-state index in [1.807, 2.05) is 20.8 Å². The minimum absolute atomic E-state index is 0.128. The van der Waals surface area contributed by atoms with Crippen molar-refractivity contribution in [2.45, 2.75) is 26.7 Å². The maximum absolute atomic E-state index is 12.0. The Kier molecular flexibility index (Phi) is 3.85. The molecule has 100 valence electrons. The largest absolute Gasteiger partial charge is 0.319 e. The lowest BCUT2D eigenvalue weighted by Gasteiger charge is -2.07. The lowest BCUT2D eigenvalue weighted by atomic mass is 10.2. The molecule has 0 aliphatic rings. The number of H-pyrrole nitrogens is 1.